The molecule has 78 valence electrons. The highest BCUT2D eigenvalue weighted by Gasteiger charge is 2.31. The Balaban J connectivity index is 2.06. The van der Waals surface area contributed by atoms with E-state index in [1.54, 1.807) is 12.1 Å². The van der Waals surface area contributed by atoms with E-state index in [0.29, 0.717) is 6.42 Å². The van der Waals surface area contributed by atoms with Gasteiger partial charge >= 0.3 is 0 Å². The lowest BCUT2D eigenvalue weighted by atomic mass is 10.1. The van der Waals surface area contributed by atoms with E-state index in [2.05, 4.69) is 5.32 Å². The molecule has 1 fully saturated rings. The van der Waals surface area contributed by atoms with Gasteiger partial charge in [0.25, 0.3) is 5.24 Å². The predicted molar refractivity (Wildman–Crippen MR) is 55.0 cm³/mol. The largest absolute Gasteiger partial charge is 0.286 e. The first-order valence-corrected chi connectivity index (χ1v) is 5.29. The third-order valence-electron chi connectivity index (χ3n) is 2.10. The Kier molecular flexibility index (Phi) is 2.73. The molecule has 1 aliphatic heterocycles. The van der Waals surface area contributed by atoms with Crippen LogP contribution in [0.25, 0.3) is 0 Å². The second-order valence-electron chi connectivity index (χ2n) is 3.21. The lowest BCUT2D eigenvalue weighted by Gasteiger charge is -2.04. The van der Waals surface area contributed by atoms with Crippen molar-refractivity contribution in [2.24, 2.45) is 0 Å². The molecule has 0 aromatic heterocycles. The quantitative estimate of drug-likeness (QED) is 0.833. The van der Waals surface area contributed by atoms with Gasteiger partial charge in [-0.05, 0) is 24.1 Å². The van der Waals surface area contributed by atoms with Gasteiger partial charge in [-0.25, -0.2) is 4.39 Å². The molecule has 1 saturated heterocycles. The highest BCUT2D eigenvalue weighted by Crippen LogP contribution is 2.22. The number of nitrogens with one attached hydrogen (secondary N) is 1. The first-order chi connectivity index (χ1) is 7.15. The first kappa shape index (κ1) is 10.2. The number of hydrogen-bond donors (Lipinski definition) is 1. The number of carbonyl (C=O) groups is 2. The molecule has 0 aliphatic carbocycles. The maximum absolute atomic E-state index is 12.6. The van der Waals surface area contributed by atoms with Crippen LogP contribution in [0.15, 0.2) is 24.3 Å². The Bertz CT molecular complexity index is 404. The van der Waals surface area contributed by atoms with Crippen LogP contribution < -0.4 is 5.32 Å². The number of hydrogen-bond acceptors (Lipinski definition) is 3. The zero-order valence-electron chi connectivity index (χ0n) is 7.70. The van der Waals surface area contributed by atoms with Crippen LogP contribution >= 0.6 is 11.8 Å². The van der Waals surface area contributed by atoms with E-state index >= 15 is 0 Å². The summed E-state index contributed by atoms with van der Waals surface area (Å²) in [5, 5.41) is 1.51. The summed E-state index contributed by atoms with van der Waals surface area (Å²) in [5.74, 6) is -0.576. The SMILES string of the molecule is O=C1NC(=O)C(Cc2ccc(F)cc2)S1. The minimum Gasteiger partial charge on any atom is -0.286 e. The van der Waals surface area contributed by atoms with E-state index in [1.807, 2.05) is 0 Å². The molecule has 0 saturated carbocycles. The average molecular weight is 225 g/mol. The van der Waals surface area contributed by atoms with Crippen molar-refractivity contribution < 1.29 is 14.0 Å². The molecule has 1 heterocycles. The molecule has 0 bridgehead atoms. The van der Waals surface area contributed by atoms with Gasteiger partial charge in [0.2, 0.25) is 5.91 Å². The molecule has 2 rings (SSSR count). The van der Waals surface area contributed by atoms with Crippen LogP contribution in [-0.4, -0.2) is 16.4 Å². The molecule has 15 heavy (non-hydrogen) atoms. The standard InChI is InChI=1S/C10H8FNO2S/c11-7-3-1-6(2-4-7)5-8-9(13)12-10(14)15-8/h1-4,8H,5H2,(H,12,13,14). The van der Waals surface area contributed by atoms with Crippen molar-refractivity contribution in [3.63, 3.8) is 0 Å². The minimum absolute atomic E-state index is 0.269. The fourth-order valence-corrected chi connectivity index (χ4v) is 2.22. The van der Waals surface area contributed by atoms with Gasteiger partial charge < -0.3 is 0 Å². The number of imide groups is 1. The van der Waals surface area contributed by atoms with Gasteiger partial charge in [-0.2, -0.15) is 0 Å². The summed E-state index contributed by atoms with van der Waals surface area (Å²) in [4.78, 5) is 22.1. The fourth-order valence-electron chi connectivity index (χ4n) is 1.36. The van der Waals surface area contributed by atoms with Crippen molar-refractivity contribution in [3.8, 4) is 0 Å². The Hall–Kier alpha value is -1.36. The third kappa shape index (κ3) is 2.36. The highest BCUT2D eigenvalue weighted by molar-refractivity contribution is 8.15. The second-order valence-corrected chi connectivity index (χ2v) is 4.39. The Morgan fingerprint density at radius 2 is 1.93 bits per heavy atom. The van der Waals surface area contributed by atoms with Crippen LogP contribution in [0, 0.1) is 5.82 Å². The summed E-state index contributed by atoms with van der Waals surface area (Å²) in [6.45, 7) is 0. The van der Waals surface area contributed by atoms with Crippen LogP contribution in [-0.2, 0) is 11.2 Å². The fraction of sp³-hybridized carbons (Fsp3) is 0.200. The van der Waals surface area contributed by atoms with Gasteiger partial charge in [-0.3, -0.25) is 14.9 Å². The van der Waals surface area contributed by atoms with Crippen LogP contribution in [0.4, 0.5) is 9.18 Å². The zero-order valence-corrected chi connectivity index (χ0v) is 8.51. The molecule has 1 aromatic rings. The van der Waals surface area contributed by atoms with E-state index in [9.17, 15) is 14.0 Å². The van der Waals surface area contributed by atoms with Gasteiger partial charge in [0.05, 0.1) is 5.25 Å². The molecule has 3 nitrogen and oxygen atoms in total. The lowest BCUT2D eigenvalue weighted by Crippen LogP contribution is -2.25. The summed E-state index contributed by atoms with van der Waals surface area (Å²) < 4.78 is 12.6. The predicted octanol–water partition coefficient (Wildman–Crippen LogP) is 1.72. The van der Waals surface area contributed by atoms with Gasteiger partial charge in [-0.1, -0.05) is 23.9 Å². The summed E-state index contributed by atoms with van der Waals surface area (Å²) >= 11 is 0.979. The monoisotopic (exact) mass is 225 g/mol. The number of carbonyl (C=O) groups excluding carboxylic acids is 2. The summed E-state index contributed by atoms with van der Waals surface area (Å²) in [6.07, 6.45) is 0.447. The Morgan fingerprint density at radius 1 is 1.27 bits per heavy atom. The second kappa shape index (κ2) is 4.02. The molecule has 2 amide bonds. The van der Waals surface area contributed by atoms with Crippen molar-refractivity contribution in [2.75, 3.05) is 0 Å². The number of benzene rings is 1. The zero-order chi connectivity index (χ0) is 10.8. The van der Waals surface area contributed by atoms with Crippen molar-refractivity contribution in [1.82, 2.24) is 5.32 Å². The maximum atomic E-state index is 12.6. The minimum atomic E-state index is -0.386. The molecule has 1 aromatic carbocycles. The number of thioether (sulfide) groups is 1. The van der Waals surface area contributed by atoms with Crippen molar-refractivity contribution in [1.29, 1.82) is 0 Å². The summed E-state index contributed by atoms with van der Waals surface area (Å²) in [5.41, 5.74) is 0.846. The Labute approximate surface area is 90.0 Å². The normalized spacial score (nSPS) is 20.5. The van der Waals surface area contributed by atoms with E-state index in [-0.39, 0.29) is 22.2 Å². The average Bonchev–Trinajstić information content (AvgIpc) is 2.49. The Morgan fingerprint density at radius 3 is 2.47 bits per heavy atom. The highest BCUT2D eigenvalue weighted by atomic mass is 32.2. The molecular formula is C10H8FNO2S. The summed E-state index contributed by atoms with van der Waals surface area (Å²) in [7, 11) is 0. The van der Waals surface area contributed by atoms with Crippen molar-refractivity contribution in [3.05, 3.63) is 35.6 Å². The molecule has 5 heteroatoms. The topological polar surface area (TPSA) is 46.2 Å². The van der Waals surface area contributed by atoms with Crippen molar-refractivity contribution >= 4 is 22.9 Å². The number of halogens is 1. The van der Waals surface area contributed by atoms with E-state index in [0.717, 1.165) is 17.3 Å². The van der Waals surface area contributed by atoms with Gasteiger partial charge in [0.1, 0.15) is 5.82 Å². The van der Waals surface area contributed by atoms with E-state index < -0.39 is 0 Å². The number of amides is 2. The molecular weight excluding hydrogens is 217 g/mol. The van der Waals surface area contributed by atoms with Crippen LogP contribution in [0.3, 0.4) is 0 Å². The molecule has 1 N–H and O–H groups in total. The first-order valence-electron chi connectivity index (χ1n) is 4.41. The van der Waals surface area contributed by atoms with Crippen molar-refractivity contribution in [2.45, 2.75) is 11.7 Å². The van der Waals surface area contributed by atoms with Crippen LogP contribution in [0.1, 0.15) is 5.56 Å². The lowest BCUT2D eigenvalue weighted by molar-refractivity contribution is -0.118. The van der Waals surface area contributed by atoms with E-state index in [4.69, 9.17) is 0 Å². The third-order valence-corrected chi connectivity index (χ3v) is 3.08. The maximum Gasteiger partial charge on any atom is 0.286 e. The molecule has 1 unspecified atom stereocenters. The molecule has 0 radical (unpaired) electrons. The number of rotatable bonds is 2. The molecule has 1 atom stereocenters. The van der Waals surface area contributed by atoms with Crippen LogP contribution in [0.5, 0.6) is 0 Å². The van der Waals surface area contributed by atoms with E-state index in [1.165, 1.54) is 12.1 Å². The summed E-state index contributed by atoms with van der Waals surface area (Å²) in [6, 6.07) is 5.92. The van der Waals surface area contributed by atoms with Gasteiger partial charge in [0, 0.05) is 0 Å². The van der Waals surface area contributed by atoms with Gasteiger partial charge in [-0.15, -0.1) is 0 Å². The molecule has 1 aliphatic rings. The molecule has 0 spiro atoms. The van der Waals surface area contributed by atoms with Gasteiger partial charge in [0.15, 0.2) is 0 Å². The smallest absolute Gasteiger partial charge is 0.286 e. The van der Waals surface area contributed by atoms with Crippen LogP contribution in [0.2, 0.25) is 0 Å².